The van der Waals surface area contributed by atoms with Crippen LogP contribution in [0.15, 0.2) is 33.4 Å². The molecule has 2 rings (SSSR count). The van der Waals surface area contributed by atoms with Gasteiger partial charge in [-0.15, -0.1) is 11.3 Å². The Labute approximate surface area is 132 Å². The van der Waals surface area contributed by atoms with Crippen molar-refractivity contribution < 1.29 is 4.74 Å². The Morgan fingerprint density at radius 1 is 1.30 bits per heavy atom. The SMILES string of the molecule is CCOc1ccc(N)cc1CN(C)Cc1csc(Br)c1. The van der Waals surface area contributed by atoms with Gasteiger partial charge >= 0.3 is 0 Å². The number of thiophene rings is 1. The molecular formula is C15H19BrN2OS. The third kappa shape index (κ3) is 4.23. The fraction of sp³-hybridized carbons (Fsp3) is 0.333. The van der Waals surface area contributed by atoms with E-state index in [1.54, 1.807) is 11.3 Å². The standard InChI is InChI=1S/C15H19BrN2OS/c1-3-19-14-5-4-13(17)7-12(14)9-18(2)8-11-6-15(16)20-10-11/h4-7,10H,3,8-9,17H2,1-2H3. The predicted molar refractivity (Wildman–Crippen MR) is 89.2 cm³/mol. The molecule has 0 amide bonds. The lowest BCUT2D eigenvalue weighted by Gasteiger charge is -2.18. The van der Waals surface area contributed by atoms with Crippen LogP contribution >= 0.6 is 27.3 Å². The number of anilines is 1. The third-order valence-corrected chi connectivity index (χ3v) is 4.45. The Morgan fingerprint density at radius 2 is 2.10 bits per heavy atom. The van der Waals surface area contributed by atoms with E-state index in [4.69, 9.17) is 10.5 Å². The van der Waals surface area contributed by atoms with Gasteiger partial charge in [0.1, 0.15) is 5.75 Å². The molecule has 2 aromatic rings. The summed E-state index contributed by atoms with van der Waals surface area (Å²) in [4.78, 5) is 2.26. The van der Waals surface area contributed by atoms with E-state index in [0.717, 1.165) is 30.1 Å². The van der Waals surface area contributed by atoms with Gasteiger partial charge in [0.25, 0.3) is 0 Å². The van der Waals surface area contributed by atoms with Crippen molar-refractivity contribution in [3.63, 3.8) is 0 Å². The topological polar surface area (TPSA) is 38.5 Å². The number of hydrogen-bond donors (Lipinski definition) is 1. The van der Waals surface area contributed by atoms with E-state index < -0.39 is 0 Å². The number of halogens is 1. The summed E-state index contributed by atoms with van der Waals surface area (Å²) in [6.07, 6.45) is 0. The van der Waals surface area contributed by atoms with Gasteiger partial charge in [-0.2, -0.15) is 0 Å². The van der Waals surface area contributed by atoms with Crippen LogP contribution in [0.5, 0.6) is 5.75 Å². The van der Waals surface area contributed by atoms with Crippen LogP contribution in [0.4, 0.5) is 5.69 Å². The Balaban J connectivity index is 2.06. The molecule has 2 N–H and O–H groups in total. The maximum Gasteiger partial charge on any atom is 0.123 e. The quantitative estimate of drug-likeness (QED) is 0.792. The smallest absolute Gasteiger partial charge is 0.123 e. The van der Waals surface area contributed by atoms with Gasteiger partial charge in [-0.25, -0.2) is 0 Å². The molecule has 1 aromatic carbocycles. The van der Waals surface area contributed by atoms with Gasteiger partial charge in [-0.1, -0.05) is 0 Å². The highest BCUT2D eigenvalue weighted by Gasteiger charge is 2.09. The molecule has 108 valence electrons. The molecule has 0 radical (unpaired) electrons. The van der Waals surface area contributed by atoms with E-state index in [0.29, 0.717) is 6.61 Å². The van der Waals surface area contributed by atoms with Gasteiger partial charge in [-0.3, -0.25) is 4.90 Å². The largest absolute Gasteiger partial charge is 0.494 e. The first-order valence-corrected chi connectivity index (χ1v) is 8.18. The number of nitrogens with two attached hydrogens (primary N) is 1. The molecule has 1 heterocycles. The molecule has 5 heteroatoms. The summed E-state index contributed by atoms with van der Waals surface area (Å²) in [5.41, 5.74) is 9.09. The molecule has 0 bridgehead atoms. The Morgan fingerprint density at radius 3 is 2.75 bits per heavy atom. The fourth-order valence-electron chi connectivity index (χ4n) is 2.11. The number of rotatable bonds is 6. The molecule has 0 aliphatic rings. The summed E-state index contributed by atoms with van der Waals surface area (Å²) in [6, 6.07) is 7.97. The lowest BCUT2D eigenvalue weighted by molar-refractivity contribution is 0.298. The second kappa shape index (κ2) is 7.11. The number of nitrogen functional groups attached to an aromatic ring is 1. The van der Waals surface area contributed by atoms with E-state index in [2.05, 4.69) is 39.3 Å². The first-order chi connectivity index (χ1) is 9.58. The molecule has 0 aliphatic carbocycles. The molecule has 0 fully saturated rings. The van der Waals surface area contributed by atoms with Crippen molar-refractivity contribution in [1.82, 2.24) is 4.90 Å². The lowest BCUT2D eigenvalue weighted by Crippen LogP contribution is -2.17. The molecule has 0 atom stereocenters. The van der Waals surface area contributed by atoms with Crippen molar-refractivity contribution in [1.29, 1.82) is 0 Å². The number of nitrogens with zero attached hydrogens (tertiary/aromatic N) is 1. The summed E-state index contributed by atoms with van der Waals surface area (Å²) in [5, 5.41) is 2.17. The van der Waals surface area contributed by atoms with E-state index in [1.807, 2.05) is 25.1 Å². The van der Waals surface area contributed by atoms with Crippen LogP contribution in [0, 0.1) is 0 Å². The zero-order valence-corrected chi connectivity index (χ0v) is 14.1. The van der Waals surface area contributed by atoms with Crippen LogP contribution in [-0.2, 0) is 13.1 Å². The van der Waals surface area contributed by atoms with Gasteiger partial charge in [-0.05, 0) is 65.1 Å². The number of hydrogen-bond acceptors (Lipinski definition) is 4. The monoisotopic (exact) mass is 354 g/mol. The van der Waals surface area contributed by atoms with Crippen molar-refractivity contribution >= 4 is 33.0 Å². The molecule has 20 heavy (non-hydrogen) atoms. The zero-order valence-electron chi connectivity index (χ0n) is 11.7. The summed E-state index contributed by atoms with van der Waals surface area (Å²) in [6.45, 7) is 4.38. The van der Waals surface area contributed by atoms with Crippen LogP contribution in [-0.4, -0.2) is 18.6 Å². The Hall–Kier alpha value is -1.04. The molecular weight excluding hydrogens is 336 g/mol. The number of ether oxygens (including phenoxy) is 1. The molecule has 0 saturated carbocycles. The van der Waals surface area contributed by atoms with Gasteiger partial charge in [0.15, 0.2) is 0 Å². The van der Waals surface area contributed by atoms with Crippen LogP contribution < -0.4 is 10.5 Å². The summed E-state index contributed by atoms with van der Waals surface area (Å²) in [7, 11) is 2.10. The van der Waals surface area contributed by atoms with Crippen molar-refractivity contribution in [3.05, 3.63) is 44.6 Å². The van der Waals surface area contributed by atoms with Crippen molar-refractivity contribution in [2.75, 3.05) is 19.4 Å². The molecule has 0 aliphatic heterocycles. The van der Waals surface area contributed by atoms with Crippen LogP contribution in [0.2, 0.25) is 0 Å². The highest BCUT2D eigenvalue weighted by atomic mass is 79.9. The Bertz CT molecular complexity index is 571. The van der Waals surface area contributed by atoms with Crippen LogP contribution in [0.25, 0.3) is 0 Å². The average molecular weight is 355 g/mol. The maximum absolute atomic E-state index is 5.88. The average Bonchev–Trinajstić information content (AvgIpc) is 2.78. The molecule has 0 spiro atoms. The van der Waals surface area contributed by atoms with Crippen molar-refractivity contribution in [3.8, 4) is 5.75 Å². The maximum atomic E-state index is 5.88. The second-order valence-corrected chi connectivity index (χ2v) is 7.02. The fourth-order valence-corrected chi connectivity index (χ4v) is 3.31. The molecule has 0 unspecified atom stereocenters. The van der Waals surface area contributed by atoms with Crippen molar-refractivity contribution in [2.45, 2.75) is 20.0 Å². The van der Waals surface area contributed by atoms with E-state index in [9.17, 15) is 0 Å². The zero-order chi connectivity index (χ0) is 14.5. The summed E-state index contributed by atoms with van der Waals surface area (Å²) in [5.74, 6) is 0.917. The van der Waals surface area contributed by atoms with E-state index >= 15 is 0 Å². The normalized spacial score (nSPS) is 11.0. The van der Waals surface area contributed by atoms with Crippen LogP contribution in [0.1, 0.15) is 18.1 Å². The third-order valence-electron chi connectivity index (χ3n) is 2.90. The summed E-state index contributed by atoms with van der Waals surface area (Å²) >= 11 is 5.21. The predicted octanol–water partition coefficient (Wildman–Crippen LogP) is 4.12. The highest BCUT2D eigenvalue weighted by molar-refractivity contribution is 9.11. The van der Waals surface area contributed by atoms with Gasteiger partial charge < -0.3 is 10.5 Å². The highest BCUT2D eigenvalue weighted by Crippen LogP contribution is 2.25. The number of benzene rings is 1. The van der Waals surface area contributed by atoms with E-state index in [-0.39, 0.29) is 0 Å². The van der Waals surface area contributed by atoms with Gasteiger partial charge in [0, 0.05) is 24.3 Å². The first-order valence-electron chi connectivity index (χ1n) is 6.51. The minimum atomic E-state index is 0.665. The summed E-state index contributed by atoms with van der Waals surface area (Å²) < 4.78 is 6.83. The van der Waals surface area contributed by atoms with Crippen LogP contribution in [0.3, 0.4) is 0 Å². The minimum Gasteiger partial charge on any atom is -0.494 e. The van der Waals surface area contributed by atoms with E-state index in [1.165, 1.54) is 9.35 Å². The lowest BCUT2D eigenvalue weighted by atomic mass is 10.1. The molecule has 1 aromatic heterocycles. The minimum absolute atomic E-state index is 0.665. The first kappa shape index (κ1) is 15.4. The molecule has 0 saturated heterocycles. The van der Waals surface area contributed by atoms with Gasteiger partial charge in [0.2, 0.25) is 0 Å². The molecule has 3 nitrogen and oxygen atoms in total. The second-order valence-electron chi connectivity index (χ2n) is 4.73. The van der Waals surface area contributed by atoms with Crippen molar-refractivity contribution in [2.24, 2.45) is 0 Å². The van der Waals surface area contributed by atoms with Gasteiger partial charge in [0.05, 0.1) is 10.4 Å². The Kier molecular flexibility index (Phi) is 5.46.